The standard InChI is InChI=1S/C20H13N5OS/c26-20(16-5-2-7-18(13-16)25-14-21-23-24-25)22-17-6-1-4-15(12-17)9-10-19-8-3-11-27-19/h1-8,11-14H,(H,22,26). The third-order valence-electron chi connectivity index (χ3n) is 3.69. The molecule has 4 rings (SSSR count). The van der Waals surface area contributed by atoms with E-state index in [-0.39, 0.29) is 5.91 Å². The number of hydrogen-bond donors (Lipinski definition) is 1. The Morgan fingerprint density at radius 1 is 1.04 bits per heavy atom. The molecule has 0 aliphatic carbocycles. The Morgan fingerprint density at radius 3 is 2.78 bits per heavy atom. The van der Waals surface area contributed by atoms with E-state index in [0.717, 1.165) is 10.4 Å². The van der Waals surface area contributed by atoms with Gasteiger partial charge in [0.05, 0.1) is 10.6 Å². The van der Waals surface area contributed by atoms with Gasteiger partial charge in [-0.15, -0.1) is 16.4 Å². The molecule has 1 amide bonds. The van der Waals surface area contributed by atoms with Crippen LogP contribution in [0.2, 0.25) is 0 Å². The zero-order valence-electron chi connectivity index (χ0n) is 14.0. The van der Waals surface area contributed by atoms with Crippen LogP contribution in [0.3, 0.4) is 0 Å². The van der Waals surface area contributed by atoms with Crippen molar-refractivity contribution in [3.05, 3.63) is 88.4 Å². The molecule has 0 saturated heterocycles. The van der Waals surface area contributed by atoms with E-state index < -0.39 is 0 Å². The molecule has 27 heavy (non-hydrogen) atoms. The highest BCUT2D eigenvalue weighted by Gasteiger charge is 2.08. The fraction of sp³-hybridized carbons (Fsp3) is 0. The average molecular weight is 371 g/mol. The van der Waals surface area contributed by atoms with E-state index in [1.807, 2.05) is 47.8 Å². The lowest BCUT2D eigenvalue weighted by atomic mass is 10.1. The number of aromatic nitrogens is 4. The normalized spacial score (nSPS) is 10.1. The number of benzene rings is 2. The van der Waals surface area contributed by atoms with Gasteiger partial charge in [-0.3, -0.25) is 4.79 Å². The van der Waals surface area contributed by atoms with Gasteiger partial charge in [-0.25, -0.2) is 4.68 Å². The van der Waals surface area contributed by atoms with Crippen LogP contribution in [0.5, 0.6) is 0 Å². The van der Waals surface area contributed by atoms with Gasteiger partial charge in [-0.1, -0.05) is 30.0 Å². The number of thiophene rings is 1. The summed E-state index contributed by atoms with van der Waals surface area (Å²) in [6, 6.07) is 18.5. The maximum atomic E-state index is 12.6. The van der Waals surface area contributed by atoms with Crippen LogP contribution < -0.4 is 5.32 Å². The summed E-state index contributed by atoms with van der Waals surface area (Å²) in [6.45, 7) is 0. The average Bonchev–Trinajstić information content (AvgIpc) is 3.41. The number of hydrogen-bond acceptors (Lipinski definition) is 5. The maximum Gasteiger partial charge on any atom is 0.255 e. The molecule has 130 valence electrons. The Hall–Kier alpha value is -3.76. The molecule has 2 aromatic carbocycles. The van der Waals surface area contributed by atoms with Gasteiger partial charge in [0.15, 0.2) is 0 Å². The summed E-state index contributed by atoms with van der Waals surface area (Å²) in [5, 5.41) is 15.9. The second-order valence-electron chi connectivity index (χ2n) is 5.57. The minimum atomic E-state index is -0.215. The van der Waals surface area contributed by atoms with Gasteiger partial charge in [0.1, 0.15) is 6.33 Å². The Bertz CT molecular complexity index is 1120. The van der Waals surface area contributed by atoms with E-state index in [9.17, 15) is 4.79 Å². The smallest absolute Gasteiger partial charge is 0.255 e. The number of rotatable bonds is 3. The fourth-order valence-electron chi connectivity index (χ4n) is 2.43. The maximum absolute atomic E-state index is 12.6. The Balaban J connectivity index is 1.52. The second-order valence-corrected chi connectivity index (χ2v) is 6.51. The topological polar surface area (TPSA) is 72.7 Å². The summed E-state index contributed by atoms with van der Waals surface area (Å²) < 4.78 is 1.50. The number of amides is 1. The third kappa shape index (κ3) is 4.08. The van der Waals surface area contributed by atoms with Gasteiger partial charge in [0, 0.05) is 16.8 Å². The van der Waals surface area contributed by atoms with Crippen molar-refractivity contribution in [1.82, 2.24) is 20.2 Å². The summed E-state index contributed by atoms with van der Waals surface area (Å²) >= 11 is 1.60. The van der Waals surface area contributed by atoms with Crippen molar-refractivity contribution in [3.8, 4) is 17.5 Å². The lowest BCUT2D eigenvalue weighted by molar-refractivity contribution is 0.102. The minimum Gasteiger partial charge on any atom is -0.322 e. The highest BCUT2D eigenvalue weighted by molar-refractivity contribution is 7.10. The monoisotopic (exact) mass is 371 g/mol. The molecule has 2 heterocycles. The van der Waals surface area contributed by atoms with Crippen molar-refractivity contribution < 1.29 is 4.79 Å². The van der Waals surface area contributed by atoms with Crippen molar-refractivity contribution in [2.75, 3.05) is 5.32 Å². The zero-order chi connectivity index (χ0) is 18.5. The molecule has 0 atom stereocenters. The summed E-state index contributed by atoms with van der Waals surface area (Å²) in [4.78, 5) is 13.6. The summed E-state index contributed by atoms with van der Waals surface area (Å²) in [5.41, 5.74) is 2.75. The molecule has 0 unspecified atom stereocenters. The molecule has 0 bridgehead atoms. The minimum absolute atomic E-state index is 0.215. The summed E-state index contributed by atoms with van der Waals surface area (Å²) in [5.74, 6) is 6.01. The first-order chi connectivity index (χ1) is 13.3. The van der Waals surface area contributed by atoms with Crippen LogP contribution in [-0.2, 0) is 0 Å². The van der Waals surface area contributed by atoms with Gasteiger partial charge < -0.3 is 5.32 Å². The predicted molar refractivity (Wildman–Crippen MR) is 104 cm³/mol. The van der Waals surface area contributed by atoms with Crippen molar-refractivity contribution in [2.45, 2.75) is 0 Å². The number of carbonyl (C=O) groups is 1. The molecule has 0 saturated carbocycles. The SMILES string of the molecule is O=C(Nc1cccc(C#Cc2cccs2)c1)c1cccc(-n2cnnn2)c1. The fourth-order valence-corrected chi connectivity index (χ4v) is 3.00. The van der Waals surface area contributed by atoms with Crippen molar-refractivity contribution in [2.24, 2.45) is 0 Å². The first kappa shape index (κ1) is 16.7. The van der Waals surface area contributed by atoms with E-state index in [4.69, 9.17) is 0 Å². The molecule has 0 fully saturated rings. The van der Waals surface area contributed by atoms with E-state index in [2.05, 4.69) is 32.7 Å². The molecule has 7 heteroatoms. The molecule has 4 aromatic rings. The highest BCUT2D eigenvalue weighted by atomic mass is 32.1. The van der Waals surface area contributed by atoms with Crippen LogP contribution in [0, 0.1) is 11.8 Å². The zero-order valence-corrected chi connectivity index (χ0v) is 14.9. The van der Waals surface area contributed by atoms with Gasteiger partial charge in [0.2, 0.25) is 0 Å². The molecule has 0 aliphatic rings. The number of nitrogens with zero attached hydrogens (tertiary/aromatic N) is 4. The van der Waals surface area contributed by atoms with Crippen LogP contribution >= 0.6 is 11.3 Å². The summed E-state index contributed by atoms with van der Waals surface area (Å²) in [6.07, 6.45) is 1.48. The lowest BCUT2D eigenvalue weighted by Gasteiger charge is -2.07. The molecule has 2 aromatic heterocycles. The second kappa shape index (κ2) is 7.64. The molecule has 1 N–H and O–H groups in total. The largest absolute Gasteiger partial charge is 0.322 e. The van der Waals surface area contributed by atoms with E-state index in [1.54, 1.807) is 29.5 Å². The van der Waals surface area contributed by atoms with E-state index >= 15 is 0 Å². The molecule has 6 nitrogen and oxygen atoms in total. The number of nitrogens with one attached hydrogen (secondary N) is 1. The van der Waals surface area contributed by atoms with Gasteiger partial charge in [-0.2, -0.15) is 0 Å². The highest BCUT2D eigenvalue weighted by Crippen LogP contribution is 2.14. The van der Waals surface area contributed by atoms with Crippen molar-refractivity contribution in [1.29, 1.82) is 0 Å². The Kier molecular flexibility index (Phi) is 4.72. The Morgan fingerprint density at radius 2 is 1.96 bits per heavy atom. The summed E-state index contributed by atoms with van der Waals surface area (Å²) in [7, 11) is 0. The van der Waals surface area contributed by atoms with Crippen LogP contribution in [0.4, 0.5) is 5.69 Å². The van der Waals surface area contributed by atoms with E-state index in [0.29, 0.717) is 16.9 Å². The molecule has 0 radical (unpaired) electrons. The first-order valence-corrected chi connectivity index (χ1v) is 8.96. The number of carbonyl (C=O) groups excluding carboxylic acids is 1. The molecule has 0 spiro atoms. The molecule has 0 aliphatic heterocycles. The lowest BCUT2D eigenvalue weighted by Crippen LogP contribution is -2.12. The number of anilines is 1. The van der Waals surface area contributed by atoms with Crippen molar-refractivity contribution in [3.63, 3.8) is 0 Å². The molecular formula is C20H13N5OS. The van der Waals surface area contributed by atoms with Gasteiger partial charge in [0.25, 0.3) is 5.91 Å². The van der Waals surface area contributed by atoms with Crippen LogP contribution in [0.25, 0.3) is 5.69 Å². The molecular weight excluding hydrogens is 358 g/mol. The van der Waals surface area contributed by atoms with Gasteiger partial charge >= 0.3 is 0 Å². The quantitative estimate of drug-likeness (QED) is 0.561. The van der Waals surface area contributed by atoms with Crippen molar-refractivity contribution >= 4 is 22.9 Å². The predicted octanol–water partition coefficient (Wildman–Crippen LogP) is 3.38. The van der Waals surface area contributed by atoms with Crippen LogP contribution in [-0.4, -0.2) is 26.1 Å². The van der Waals surface area contributed by atoms with E-state index in [1.165, 1.54) is 11.0 Å². The first-order valence-electron chi connectivity index (χ1n) is 8.08. The van der Waals surface area contributed by atoms with Crippen LogP contribution in [0.15, 0.2) is 72.4 Å². The number of tetrazole rings is 1. The Labute approximate surface area is 159 Å². The van der Waals surface area contributed by atoms with Gasteiger partial charge in [-0.05, 0) is 58.3 Å². The van der Waals surface area contributed by atoms with Crippen LogP contribution in [0.1, 0.15) is 20.8 Å². The third-order valence-corrected chi connectivity index (χ3v) is 4.48.